The first-order valence-electron chi connectivity index (χ1n) is 13.6. The number of fused-ring (bicyclic) bond motifs is 7. The number of aliphatic carboxylic acids is 1. The average molecular weight is 471 g/mol. The molecule has 0 unspecified atom stereocenters. The van der Waals surface area contributed by atoms with Crippen molar-refractivity contribution in [3.63, 3.8) is 0 Å². The van der Waals surface area contributed by atoms with Crippen LogP contribution in [0, 0.1) is 50.7 Å². The molecule has 0 aromatic carbocycles. The number of aliphatic hydroxyl groups is 2. The summed E-state index contributed by atoms with van der Waals surface area (Å²) in [6.45, 7) is 18.2. The van der Waals surface area contributed by atoms with E-state index in [0.717, 1.165) is 38.5 Å². The van der Waals surface area contributed by atoms with E-state index in [1.54, 1.807) is 0 Å². The number of carbonyl (C=O) groups is 1. The van der Waals surface area contributed by atoms with E-state index in [4.69, 9.17) is 0 Å². The summed E-state index contributed by atoms with van der Waals surface area (Å²) < 4.78 is 0. The molecule has 34 heavy (non-hydrogen) atoms. The van der Waals surface area contributed by atoms with E-state index in [0.29, 0.717) is 24.7 Å². The molecule has 0 spiro atoms. The van der Waals surface area contributed by atoms with Crippen molar-refractivity contribution in [3.05, 3.63) is 23.8 Å². The van der Waals surface area contributed by atoms with Gasteiger partial charge >= 0.3 is 5.97 Å². The first-order chi connectivity index (χ1) is 15.7. The third-order valence-electron chi connectivity index (χ3n) is 12.9. The monoisotopic (exact) mass is 470 g/mol. The molecule has 5 rings (SSSR count). The van der Waals surface area contributed by atoms with Crippen molar-refractivity contribution in [2.75, 3.05) is 0 Å². The van der Waals surface area contributed by atoms with Gasteiger partial charge in [0.15, 0.2) is 0 Å². The molecule has 10 atom stereocenters. The van der Waals surface area contributed by atoms with Crippen LogP contribution in [-0.4, -0.2) is 33.5 Å². The molecule has 0 bridgehead atoms. The number of aliphatic hydroxyl groups excluding tert-OH is 2. The molecule has 4 fully saturated rings. The maximum absolute atomic E-state index is 12.8. The maximum Gasteiger partial charge on any atom is 0.310 e. The Hall–Kier alpha value is -1.13. The second-order valence-corrected chi connectivity index (χ2v) is 14.2. The lowest BCUT2D eigenvalue weighted by atomic mass is 9.33. The third-order valence-corrected chi connectivity index (χ3v) is 12.9. The number of hydrogen-bond donors (Lipinski definition) is 3. The molecule has 0 aliphatic heterocycles. The highest BCUT2D eigenvalue weighted by Gasteiger charge is 2.70. The largest absolute Gasteiger partial charge is 0.481 e. The van der Waals surface area contributed by atoms with Crippen molar-refractivity contribution in [2.45, 2.75) is 105 Å². The normalized spacial score (nSPS) is 54.1. The molecular formula is C30H46O4. The number of rotatable bonds is 1. The van der Waals surface area contributed by atoms with E-state index in [2.05, 4.69) is 54.2 Å². The van der Waals surface area contributed by atoms with Crippen LogP contribution in [0.4, 0.5) is 0 Å². The van der Waals surface area contributed by atoms with Crippen LogP contribution < -0.4 is 0 Å². The molecule has 0 amide bonds. The van der Waals surface area contributed by atoms with Gasteiger partial charge in [0.2, 0.25) is 0 Å². The van der Waals surface area contributed by atoms with Crippen LogP contribution in [0.1, 0.15) is 92.9 Å². The van der Waals surface area contributed by atoms with Gasteiger partial charge in [-0.1, -0.05) is 65.3 Å². The summed E-state index contributed by atoms with van der Waals surface area (Å²) in [5, 5.41) is 32.4. The molecule has 4 saturated carbocycles. The summed E-state index contributed by atoms with van der Waals surface area (Å²) in [6.07, 6.45) is 8.02. The molecule has 0 aromatic rings. The Morgan fingerprint density at radius 1 is 1.03 bits per heavy atom. The highest BCUT2D eigenvalue weighted by atomic mass is 16.4. The Labute approximate surface area is 205 Å². The SMILES string of the molecule is C=C1CC[C@]2(C(=O)O)CC[C@]3(C)C(=CC[C@@H]4[C@@]5(C)C[C@@H](O)[C@H](O)C(C)(C)[C@@H]5CC[C@]43C)[C@@H]2[C@H]1C. The van der Waals surface area contributed by atoms with Crippen molar-refractivity contribution in [2.24, 2.45) is 50.7 Å². The Morgan fingerprint density at radius 3 is 2.35 bits per heavy atom. The fraction of sp³-hybridized carbons (Fsp3) is 0.833. The van der Waals surface area contributed by atoms with Crippen molar-refractivity contribution in [3.8, 4) is 0 Å². The Kier molecular flexibility index (Phi) is 5.21. The average Bonchev–Trinajstić information content (AvgIpc) is 2.75. The molecule has 0 saturated heterocycles. The van der Waals surface area contributed by atoms with Crippen LogP contribution in [0.3, 0.4) is 0 Å². The second-order valence-electron chi connectivity index (χ2n) is 14.2. The number of carboxylic acids is 1. The predicted molar refractivity (Wildman–Crippen MR) is 134 cm³/mol. The van der Waals surface area contributed by atoms with E-state index in [1.165, 1.54) is 11.1 Å². The smallest absolute Gasteiger partial charge is 0.310 e. The minimum atomic E-state index is -0.690. The Balaban J connectivity index is 1.63. The van der Waals surface area contributed by atoms with E-state index in [9.17, 15) is 20.1 Å². The summed E-state index contributed by atoms with van der Waals surface area (Å²) in [7, 11) is 0. The molecule has 0 aromatic heterocycles. The molecule has 3 N–H and O–H groups in total. The Morgan fingerprint density at radius 2 is 1.71 bits per heavy atom. The van der Waals surface area contributed by atoms with Gasteiger partial charge < -0.3 is 15.3 Å². The highest BCUT2D eigenvalue weighted by molar-refractivity contribution is 5.77. The lowest BCUT2D eigenvalue weighted by molar-refractivity contribution is -0.231. The first kappa shape index (κ1) is 24.6. The fourth-order valence-electron chi connectivity index (χ4n) is 10.7. The zero-order chi connectivity index (χ0) is 25.1. The van der Waals surface area contributed by atoms with Crippen molar-refractivity contribution >= 4 is 5.97 Å². The van der Waals surface area contributed by atoms with Gasteiger partial charge in [0.05, 0.1) is 17.6 Å². The Bertz CT molecular complexity index is 949. The van der Waals surface area contributed by atoms with Crippen LogP contribution in [0.5, 0.6) is 0 Å². The lowest BCUT2D eigenvalue weighted by Gasteiger charge is -2.71. The molecule has 5 aliphatic carbocycles. The molecule has 4 nitrogen and oxygen atoms in total. The topological polar surface area (TPSA) is 77.8 Å². The summed E-state index contributed by atoms with van der Waals surface area (Å²) >= 11 is 0. The highest BCUT2D eigenvalue weighted by Crippen LogP contribution is 2.75. The quantitative estimate of drug-likeness (QED) is 0.412. The summed E-state index contributed by atoms with van der Waals surface area (Å²) in [6, 6.07) is 0. The molecule has 4 heteroatoms. The maximum atomic E-state index is 12.8. The van der Waals surface area contributed by atoms with Gasteiger partial charge in [-0.25, -0.2) is 0 Å². The minimum absolute atomic E-state index is 0.0310. The third kappa shape index (κ3) is 2.71. The zero-order valence-electron chi connectivity index (χ0n) is 22.2. The minimum Gasteiger partial charge on any atom is -0.481 e. The van der Waals surface area contributed by atoms with Gasteiger partial charge in [0.25, 0.3) is 0 Å². The van der Waals surface area contributed by atoms with E-state index < -0.39 is 23.6 Å². The predicted octanol–water partition coefficient (Wildman–Crippen LogP) is 5.98. The van der Waals surface area contributed by atoms with Crippen LogP contribution in [0.25, 0.3) is 0 Å². The summed E-state index contributed by atoms with van der Waals surface area (Å²) in [5.41, 5.74) is 1.56. The molecule has 0 heterocycles. The van der Waals surface area contributed by atoms with Gasteiger partial charge in [-0.15, -0.1) is 0 Å². The summed E-state index contributed by atoms with van der Waals surface area (Å²) in [4.78, 5) is 12.8. The number of carboxylic acid groups (broad SMARTS) is 1. The van der Waals surface area contributed by atoms with Crippen molar-refractivity contribution in [1.82, 2.24) is 0 Å². The van der Waals surface area contributed by atoms with E-state index in [1.807, 2.05) is 0 Å². The lowest BCUT2D eigenvalue weighted by Crippen LogP contribution is -2.67. The van der Waals surface area contributed by atoms with Gasteiger partial charge in [0, 0.05) is 5.92 Å². The number of allylic oxidation sites excluding steroid dienone is 3. The zero-order valence-corrected chi connectivity index (χ0v) is 22.2. The molecule has 5 aliphatic rings. The van der Waals surface area contributed by atoms with Gasteiger partial charge in [-0.05, 0) is 90.8 Å². The van der Waals surface area contributed by atoms with Gasteiger partial charge in [-0.2, -0.15) is 0 Å². The first-order valence-corrected chi connectivity index (χ1v) is 13.6. The van der Waals surface area contributed by atoms with Crippen LogP contribution in [0.15, 0.2) is 23.8 Å². The van der Waals surface area contributed by atoms with Crippen molar-refractivity contribution in [1.29, 1.82) is 0 Å². The molecular weight excluding hydrogens is 424 g/mol. The van der Waals surface area contributed by atoms with Crippen molar-refractivity contribution < 1.29 is 20.1 Å². The van der Waals surface area contributed by atoms with Gasteiger partial charge in [-0.3, -0.25) is 4.79 Å². The molecule has 0 radical (unpaired) electrons. The molecule has 190 valence electrons. The van der Waals surface area contributed by atoms with E-state index >= 15 is 0 Å². The second kappa shape index (κ2) is 7.22. The van der Waals surface area contributed by atoms with Crippen LogP contribution >= 0.6 is 0 Å². The number of hydrogen-bond acceptors (Lipinski definition) is 3. The fourth-order valence-corrected chi connectivity index (χ4v) is 10.7. The summed E-state index contributed by atoms with van der Waals surface area (Å²) in [5.74, 6) is 0.379. The van der Waals surface area contributed by atoms with Gasteiger partial charge in [0.1, 0.15) is 0 Å². The van der Waals surface area contributed by atoms with E-state index in [-0.39, 0.29) is 33.5 Å². The standard InChI is InChI=1S/C30H46O4/c1-17-10-13-30(25(33)34)15-14-28(6)19(23(30)18(17)2)8-9-22-27(5)16-20(31)24(32)26(3,4)21(27)11-12-29(22,28)7/h8,18,20-24,31-32H,1,9-16H2,2-7H3,(H,33,34)/t18-,20+,21-,22+,23-,24-,27-,28+,29+,30-/m0/s1. The van der Waals surface area contributed by atoms with Crippen LogP contribution in [0.2, 0.25) is 0 Å². The van der Waals surface area contributed by atoms with Crippen LogP contribution in [-0.2, 0) is 4.79 Å².